The first-order valence-corrected chi connectivity index (χ1v) is 11.7. The van der Waals surface area contributed by atoms with Gasteiger partial charge in [-0.1, -0.05) is 61.0 Å². The van der Waals surface area contributed by atoms with Gasteiger partial charge in [-0.15, -0.1) is 0 Å². The minimum absolute atomic E-state index is 0.0540. The van der Waals surface area contributed by atoms with Gasteiger partial charge in [0.15, 0.2) is 5.69 Å². The Balaban J connectivity index is 1.86. The van der Waals surface area contributed by atoms with Crippen LogP contribution in [0.5, 0.6) is 0 Å². The molecule has 1 heterocycles. The molecule has 3 rings (SSSR count). The van der Waals surface area contributed by atoms with Crippen LogP contribution >= 0.6 is 0 Å². The first-order valence-electron chi connectivity index (χ1n) is 10.0. The van der Waals surface area contributed by atoms with Crippen molar-refractivity contribution >= 4 is 22.0 Å². The van der Waals surface area contributed by atoms with Crippen LogP contribution in [0.1, 0.15) is 30.2 Å². The summed E-state index contributed by atoms with van der Waals surface area (Å²) >= 11 is 0. The van der Waals surface area contributed by atoms with Crippen LogP contribution in [-0.2, 0) is 21.0 Å². The van der Waals surface area contributed by atoms with Crippen LogP contribution < -0.4 is 4.72 Å². The molecule has 0 aliphatic rings. The van der Waals surface area contributed by atoms with Crippen LogP contribution in [0.25, 0.3) is 23.0 Å². The summed E-state index contributed by atoms with van der Waals surface area (Å²) in [5, 5.41) is 3.76. The van der Waals surface area contributed by atoms with E-state index in [1.54, 1.807) is 49.4 Å². The average Bonchev–Trinajstić information content (AvgIpc) is 3.20. The SMILES string of the molecule is CCC(=O)NS(=O)(=O)CC=Cc1ccc(-n2nc(C(F)(F)F)cc2-c2ccc(C)cc2)cc1. The van der Waals surface area contributed by atoms with Gasteiger partial charge in [0.2, 0.25) is 15.9 Å². The van der Waals surface area contributed by atoms with Gasteiger partial charge in [0.25, 0.3) is 0 Å². The Morgan fingerprint density at radius 2 is 1.73 bits per heavy atom. The maximum absolute atomic E-state index is 13.3. The van der Waals surface area contributed by atoms with Crippen LogP contribution in [0, 0.1) is 6.92 Å². The normalized spacial score (nSPS) is 12.3. The van der Waals surface area contributed by atoms with Gasteiger partial charge in [-0.2, -0.15) is 18.3 Å². The Bertz CT molecular complexity index is 1260. The molecule has 0 saturated carbocycles. The van der Waals surface area contributed by atoms with Crippen molar-refractivity contribution in [2.24, 2.45) is 0 Å². The summed E-state index contributed by atoms with van der Waals surface area (Å²) in [6.45, 7) is 3.43. The van der Waals surface area contributed by atoms with Crippen LogP contribution in [0.15, 0.2) is 60.7 Å². The van der Waals surface area contributed by atoms with E-state index >= 15 is 0 Å². The van der Waals surface area contributed by atoms with E-state index in [9.17, 15) is 26.4 Å². The smallest absolute Gasteiger partial charge is 0.274 e. The number of nitrogens with zero attached hydrogens (tertiary/aromatic N) is 2. The molecule has 0 aliphatic heterocycles. The molecule has 0 spiro atoms. The number of rotatable bonds is 7. The van der Waals surface area contributed by atoms with Crippen LogP contribution in [0.3, 0.4) is 0 Å². The van der Waals surface area contributed by atoms with Crippen LogP contribution in [0.4, 0.5) is 13.2 Å². The first kappa shape index (κ1) is 24.2. The molecule has 1 aromatic heterocycles. The van der Waals surface area contributed by atoms with Gasteiger partial charge >= 0.3 is 6.18 Å². The minimum Gasteiger partial charge on any atom is -0.274 e. The summed E-state index contributed by atoms with van der Waals surface area (Å²) in [4.78, 5) is 11.3. The lowest BCUT2D eigenvalue weighted by Crippen LogP contribution is -2.31. The standard InChI is InChI=1S/C23H22F3N3O3S/c1-3-22(30)28-33(31,32)14-4-5-17-8-12-19(13-9-17)29-20(15-21(27-29)23(24,25)26)18-10-6-16(2)7-11-18/h4-13,15H,3,14H2,1-2H3,(H,28,30). The highest BCUT2D eigenvalue weighted by Gasteiger charge is 2.35. The van der Waals surface area contributed by atoms with Gasteiger partial charge < -0.3 is 0 Å². The van der Waals surface area contributed by atoms with Crippen molar-refractivity contribution < 1.29 is 26.4 Å². The summed E-state index contributed by atoms with van der Waals surface area (Å²) in [5.74, 6) is -0.971. The number of aryl methyl sites for hydroxylation is 1. The third kappa shape index (κ3) is 6.32. The number of nitrogens with one attached hydrogen (secondary N) is 1. The number of sulfonamides is 1. The number of halogens is 3. The first-order chi connectivity index (χ1) is 15.5. The number of hydrogen-bond acceptors (Lipinski definition) is 4. The number of alkyl halides is 3. The molecule has 0 aliphatic carbocycles. The van der Waals surface area contributed by atoms with E-state index in [1.165, 1.54) is 10.8 Å². The molecule has 0 bridgehead atoms. The van der Waals surface area contributed by atoms with Crippen molar-refractivity contribution in [3.63, 3.8) is 0 Å². The molecule has 1 amide bonds. The molecule has 0 radical (unpaired) electrons. The van der Waals surface area contributed by atoms with Crippen LogP contribution in [0.2, 0.25) is 0 Å². The van der Waals surface area contributed by atoms with Crippen molar-refractivity contribution in [2.45, 2.75) is 26.4 Å². The number of carbonyl (C=O) groups excluding carboxylic acids is 1. The lowest BCUT2D eigenvalue weighted by atomic mass is 10.1. The van der Waals surface area contributed by atoms with E-state index in [2.05, 4.69) is 5.10 Å². The van der Waals surface area contributed by atoms with Crippen molar-refractivity contribution in [3.8, 4) is 16.9 Å². The highest BCUT2D eigenvalue weighted by atomic mass is 32.2. The monoisotopic (exact) mass is 477 g/mol. The number of aromatic nitrogens is 2. The zero-order valence-electron chi connectivity index (χ0n) is 17.9. The average molecular weight is 478 g/mol. The highest BCUT2D eigenvalue weighted by molar-refractivity contribution is 7.90. The van der Waals surface area contributed by atoms with E-state index < -0.39 is 27.8 Å². The summed E-state index contributed by atoms with van der Waals surface area (Å²) in [6, 6.07) is 14.6. The summed E-state index contributed by atoms with van der Waals surface area (Å²) in [7, 11) is -3.77. The molecule has 0 unspecified atom stereocenters. The second-order valence-electron chi connectivity index (χ2n) is 7.34. The topological polar surface area (TPSA) is 81.1 Å². The van der Waals surface area contributed by atoms with E-state index in [-0.39, 0.29) is 12.2 Å². The molecule has 6 nitrogen and oxygen atoms in total. The van der Waals surface area contributed by atoms with Crippen molar-refractivity contribution in [2.75, 3.05) is 5.75 Å². The summed E-state index contributed by atoms with van der Waals surface area (Å²) in [6.07, 6.45) is -1.61. The van der Waals surface area contributed by atoms with Gasteiger partial charge in [0.1, 0.15) is 0 Å². The maximum atomic E-state index is 13.3. The van der Waals surface area contributed by atoms with E-state index in [0.29, 0.717) is 22.5 Å². The van der Waals surface area contributed by atoms with Crippen molar-refractivity contribution in [1.29, 1.82) is 0 Å². The molecule has 2 aromatic carbocycles. The lowest BCUT2D eigenvalue weighted by Gasteiger charge is -2.08. The Morgan fingerprint density at radius 1 is 1.09 bits per heavy atom. The third-order valence-corrected chi connectivity index (χ3v) is 5.87. The number of benzene rings is 2. The molecule has 0 fully saturated rings. The molecule has 1 N–H and O–H groups in total. The van der Waals surface area contributed by atoms with Gasteiger partial charge in [-0.3, -0.25) is 9.52 Å². The van der Waals surface area contributed by atoms with Crippen molar-refractivity contribution in [3.05, 3.63) is 77.5 Å². The Morgan fingerprint density at radius 3 is 2.30 bits per heavy atom. The fourth-order valence-corrected chi connectivity index (χ4v) is 3.90. The Labute approximate surface area is 189 Å². The van der Waals surface area contributed by atoms with Crippen molar-refractivity contribution in [1.82, 2.24) is 14.5 Å². The third-order valence-electron chi connectivity index (χ3n) is 4.70. The second-order valence-corrected chi connectivity index (χ2v) is 9.11. The maximum Gasteiger partial charge on any atom is 0.435 e. The van der Waals surface area contributed by atoms with Crippen LogP contribution in [-0.4, -0.2) is 29.9 Å². The fraction of sp³-hybridized carbons (Fsp3) is 0.217. The Hall–Kier alpha value is -3.40. The summed E-state index contributed by atoms with van der Waals surface area (Å²) < 4.78 is 66.8. The van der Waals surface area contributed by atoms with Gasteiger partial charge in [-0.05, 0) is 30.7 Å². The van der Waals surface area contributed by atoms with Gasteiger partial charge in [0.05, 0.1) is 17.1 Å². The van der Waals surface area contributed by atoms with Gasteiger partial charge in [0, 0.05) is 12.0 Å². The molecule has 10 heteroatoms. The quantitative estimate of drug-likeness (QED) is 0.533. The largest absolute Gasteiger partial charge is 0.435 e. The Kier molecular flexibility index (Phi) is 7.06. The zero-order valence-corrected chi connectivity index (χ0v) is 18.7. The predicted molar refractivity (Wildman–Crippen MR) is 120 cm³/mol. The lowest BCUT2D eigenvalue weighted by molar-refractivity contribution is -0.141. The molecule has 3 aromatic rings. The van der Waals surface area contributed by atoms with E-state index in [4.69, 9.17) is 0 Å². The number of carbonyl (C=O) groups is 1. The van der Waals surface area contributed by atoms with E-state index in [1.807, 2.05) is 23.8 Å². The number of amides is 1. The second kappa shape index (κ2) is 9.62. The molecule has 0 atom stereocenters. The minimum atomic E-state index is -4.59. The van der Waals surface area contributed by atoms with E-state index in [0.717, 1.165) is 11.6 Å². The molecular weight excluding hydrogens is 455 g/mol. The fourth-order valence-electron chi connectivity index (χ4n) is 2.97. The molecule has 0 saturated heterocycles. The molecular formula is C23H22F3N3O3S. The van der Waals surface area contributed by atoms with Gasteiger partial charge in [-0.25, -0.2) is 13.1 Å². The number of hydrogen-bond donors (Lipinski definition) is 1. The zero-order chi connectivity index (χ0) is 24.2. The summed E-state index contributed by atoms with van der Waals surface area (Å²) in [5.41, 5.74) is 1.92. The predicted octanol–water partition coefficient (Wildman–Crippen LogP) is 4.74. The molecule has 174 valence electrons. The highest BCUT2D eigenvalue weighted by Crippen LogP contribution is 2.33. The molecule has 33 heavy (non-hydrogen) atoms.